The predicted molar refractivity (Wildman–Crippen MR) is 73.5 cm³/mol. The molecular formula is C13H12BrN3O2. The molecule has 0 saturated heterocycles. The van der Waals surface area contributed by atoms with E-state index in [1.165, 1.54) is 0 Å². The highest BCUT2D eigenvalue weighted by Crippen LogP contribution is 2.16. The molecule has 2 aromatic rings. The number of aliphatic hydroxyl groups excluding tert-OH is 1. The summed E-state index contributed by atoms with van der Waals surface area (Å²) in [5.74, 6) is -0.255. The second-order valence-corrected chi connectivity index (χ2v) is 4.67. The molecule has 1 atom stereocenters. The molecule has 0 aliphatic heterocycles. The van der Waals surface area contributed by atoms with E-state index in [1.807, 2.05) is 0 Å². The molecule has 0 radical (unpaired) electrons. The summed E-state index contributed by atoms with van der Waals surface area (Å²) in [6, 6.07) is 6.27. The summed E-state index contributed by atoms with van der Waals surface area (Å²) in [5, 5.41) is 12.2. The van der Waals surface area contributed by atoms with Gasteiger partial charge < -0.3 is 10.4 Å². The van der Waals surface area contributed by atoms with Crippen molar-refractivity contribution < 1.29 is 9.90 Å². The minimum Gasteiger partial charge on any atom is -0.394 e. The van der Waals surface area contributed by atoms with Crippen molar-refractivity contribution in [2.24, 2.45) is 0 Å². The van der Waals surface area contributed by atoms with E-state index in [9.17, 15) is 9.90 Å². The van der Waals surface area contributed by atoms with Gasteiger partial charge in [-0.1, -0.05) is 0 Å². The highest BCUT2D eigenvalue weighted by atomic mass is 79.9. The number of aromatic nitrogens is 2. The molecule has 0 aliphatic carbocycles. The number of halogens is 1. The quantitative estimate of drug-likeness (QED) is 0.840. The van der Waals surface area contributed by atoms with E-state index in [0.717, 1.165) is 5.56 Å². The Kier molecular flexibility index (Phi) is 4.59. The largest absolute Gasteiger partial charge is 0.394 e. The van der Waals surface area contributed by atoms with Crippen LogP contribution in [0.15, 0.2) is 47.5 Å². The second-order valence-electron chi connectivity index (χ2n) is 3.86. The lowest BCUT2D eigenvalue weighted by Gasteiger charge is -2.16. The van der Waals surface area contributed by atoms with Gasteiger partial charge in [-0.05, 0) is 45.8 Å². The monoisotopic (exact) mass is 321 g/mol. The molecule has 1 amide bonds. The van der Waals surface area contributed by atoms with Gasteiger partial charge in [0.2, 0.25) is 0 Å². The van der Waals surface area contributed by atoms with E-state index in [2.05, 4.69) is 31.2 Å². The minimum atomic E-state index is -0.472. The molecule has 0 unspecified atom stereocenters. The predicted octanol–water partition coefficient (Wildman–Crippen LogP) is 1.70. The van der Waals surface area contributed by atoms with Crippen LogP contribution in [0.5, 0.6) is 0 Å². The summed E-state index contributed by atoms with van der Waals surface area (Å²) in [4.78, 5) is 19.9. The first-order valence-corrected chi connectivity index (χ1v) is 6.43. The zero-order valence-electron chi connectivity index (χ0n) is 9.95. The maximum atomic E-state index is 12.0. The number of hydrogen-bond donors (Lipinski definition) is 2. The molecule has 0 saturated carbocycles. The van der Waals surface area contributed by atoms with Crippen molar-refractivity contribution in [3.8, 4) is 0 Å². The van der Waals surface area contributed by atoms with Crippen molar-refractivity contribution in [1.29, 1.82) is 0 Å². The molecule has 0 spiro atoms. The van der Waals surface area contributed by atoms with Crippen LogP contribution in [0.4, 0.5) is 0 Å². The Hall–Kier alpha value is -1.79. The molecule has 6 heteroatoms. The summed E-state index contributed by atoms with van der Waals surface area (Å²) in [6.45, 7) is -0.187. The van der Waals surface area contributed by atoms with E-state index in [4.69, 9.17) is 0 Å². The fraction of sp³-hybridized carbons (Fsp3) is 0.154. The highest BCUT2D eigenvalue weighted by molar-refractivity contribution is 9.10. The number of pyridine rings is 2. The van der Waals surface area contributed by atoms with Gasteiger partial charge in [-0.15, -0.1) is 0 Å². The zero-order chi connectivity index (χ0) is 13.7. The average molecular weight is 322 g/mol. The summed E-state index contributed by atoms with van der Waals surface area (Å²) in [5.41, 5.74) is 1.29. The molecular weight excluding hydrogens is 310 g/mol. The van der Waals surface area contributed by atoms with Crippen molar-refractivity contribution in [2.45, 2.75) is 6.04 Å². The third-order valence-corrected chi connectivity index (χ3v) is 3.02. The molecule has 2 aromatic heterocycles. The van der Waals surface area contributed by atoms with Crippen molar-refractivity contribution in [1.82, 2.24) is 15.3 Å². The fourth-order valence-electron chi connectivity index (χ4n) is 1.61. The Morgan fingerprint density at radius 3 is 2.68 bits per heavy atom. The number of nitrogens with one attached hydrogen (secondary N) is 1. The van der Waals surface area contributed by atoms with Gasteiger partial charge in [-0.3, -0.25) is 9.78 Å². The van der Waals surface area contributed by atoms with E-state index >= 15 is 0 Å². The summed E-state index contributed by atoms with van der Waals surface area (Å²) < 4.78 is 0.654. The van der Waals surface area contributed by atoms with Crippen LogP contribution in [0.2, 0.25) is 0 Å². The first-order valence-electron chi connectivity index (χ1n) is 5.64. The van der Waals surface area contributed by atoms with Gasteiger partial charge in [0.1, 0.15) is 4.60 Å². The van der Waals surface area contributed by atoms with Crippen LogP contribution in [-0.2, 0) is 0 Å². The molecule has 5 nitrogen and oxygen atoms in total. The third-order valence-electron chi connectivity index (χ3n) is 2.58. The lowest BCUT2D eigenvalue weighted by atomic mass is 10.1. The number of hydrogen-bond acceptors (Lipinski definition) is 4. The Morgan fingerprint density at radius 2 is 2.05 bits per heavy atom. The van der Waals surface area contributed by atoms with Gasteiger partial charge in [0, 0.05) is 24.2 Å². The number of aliphatic hydroxyl groups is 1. The van der Waals surface area contributed by atoms with Crippen LogP contribution in [0.3, 0.4) is 0 Å². The van der Waals surface area contributed by atoms with Crippen LogP contribution >= 0.6 is 15.9 Å². The number of carbonyl (C=O) groups excluding carboxylic acids is 1. The number of amides is 1. The number of rotatable bonds is 4. The lowest BCUT2D eigenvalue weighted by molar-refractivity contribution is 0.0916. The Bertz CT molecular complexity index is 563. The van der Waals surface area contributed by atoms with E-state index in [0.29, 0.717) is 10.2 Å². The second kappa shape index (κ2) is 6.40. The van der Waals surface area contributed by atoms with Gasteiger partial charge in [0.05, 0.1) is 12.6 Å². The molecule has 0 fully saturated rings. The minimum absolute atomic E-state index is 0.187. The van der Waals surface area contributed by atoms with E-state index in [-0.39, 0.29) is 12.5 Å². The first kappa shape index (κ1) is 13.6. The van der Waals surface area contributed by atoms with Gasteiger partial charge >= 0.3 is 0 Å². The highest BCUT2D eigenvalue weighted by Gasteiger charge is 2.15. The van der Waals surface area contributed by atoms with Crippen molar-refractivity contribution in [3.63, 3.8) is 0 Å². The Balaban J connectivity index is 2.14. The lowest BCUT2D eigenvalue weighted by Crippen LogP contribution is -2.30. The Morgan fingerprint density at radius 1 is 1.32 bits per heavy atom. The normalized spacial score (nSPS) is 11.9. The molecule has 0 bridgehead atoms. The van der Waals surface area contributed by atoms with Crippen LogP contribution in [-0.4, -0.2) is 27.6 Å². The maximum Gasteiger partial charge on any atom is 0.251 e. The van der Waals surface area contributed by atoms with Gasteiger partial charge in [0.25, 0.3) is 5.91 Å². The standard InChI is InChI=1S/C13H12BrN3O2/c14-12-7-10(3-6-16-12)11(8-18)17-13(19)9-1-4-15-5-2-9/h1-7,11,18H,8H2,(H,17,19)/t11-/m0/s1. The first-order chi connectivity index (χ1) is 9.20. The molecule has 0 aliphatic rings. The van der Waals surface area contributed by atoms with Crippen molar-refractivity contribution >= 4 is 21.8 Å². The summed E-state index contributed by atoms with van der Waals surface area (Å²) >= 11 is 3.26. The smallest absolute Gasteiger partial charge is 0.251 e. The van der Waals surface area contributed by atoms with Gasteiger partial charge in [0.15, 0.2) is 0 Å². The SMILES string of the molecule is O=C(N[C@@H](CO)c1ccnc(Br)c1)c1ccncc1. The summed E-state index contributed by atoms with van der Waals surface area (Å²) in [6.07, 6.45) is 4.71. The topological polar surface area (TPSA) is 75.1 Å². The van der Waals surface area contributed by atoms with Gasteiger partial charge in [-0.2, -0.15) is 0 Å². The number of nitrogens with zero attached hydrogens (tertiary/aromatic N) is 2. The van der Waals surface area contributed by atoms with Gasteiger partial charge in [-0.25, -0.2) is 4.98 Å². The molecule has 2 heterocycles. The molecule has 0 aromatic carbocycles. The van der Waals surface area contributed by atoms with Crippen LogP contribution in [0.1, 0.15) is 22.0 Å². The van der Waals surface area contributed by atoms with Crippen molar-refractivity contribution in [3.05, 3.63) is 58.6 Å². The summed E-state index contributed by atoms with van der Waals surface area (Å²) in [7, 11) is 0. The maximum absolute atomic E-state index is 12.0. The Labute approximate surface area is 118 Å². The molecule has 98 valence electrons. The van der Waals surface area contributed by atoms with E-state index in [1.54, 1.807) is 42.9 Å². The van der Waals surface area contributed by atoms with Crippen LogP contribution in [0.25, 0.3) is 0 Å². The number of carbonyl (C=O) groups is 1. The zero-order valence-corrected chi connectivity index (χ0v) is 11.5. The van der Waals surface area contributed by atoms with E-state index < -0.39 is 6.04 Å². The van der Waals surface area contributed by atoms with Crippen LogP contribution in [0, 0.1) is 0 Å². The van der Waals surface area contributed by atoms with Crippen molar-refractivity contribution in [2.75, 3.05) is 6.61 Å². The third kappa shape index (κ3) is 3.59. The molecule has 19 heavy (non-hydrogen) atoms. The van der Waals surface area contributed by atoms with Crippen LogP contribution < -0.4 is 5.32 Å². The molecule has 2 rings (SSSR count). The molecule has 2 N–H and O–H groups in total. The fourth-order valence-corrected chi connectivity index (χ4v) is 2.00. The average Bonchev–Trinajstić information content (AvgIpc) is 2.45.